The zero-order chi connectivity index (χ0) is 27.3. The number of hydrogen-bond acceptors (Lipinski definition) is 6. The first-order valence-corrected chi connectivity index (χ1v) is 12.8. The average Bonchev–Trinajstić information content (AvgIpc) is 2.93. The van der Waals surface area contributed by atoms with Gasteiger partial charge in [0.2, 0.25) is 0 Å². The Balaban J connectivity index is 1.99. The number of ether oxygens (including phenoxy) is 4. The van der Waals surface area contributed by atoms with Crippen molar-refractivity contribution in [1.82, 2.24) is 0 Å². The van der Waals surface area contributed by atoms with Crippen LogP contribution in [0.15, 0.2) is 61.2 Å². The van der Waals surface area contributed by atoms with Crippen molar-refractivity contribution in [2.45, 2.75) is 65.8 Å². The van der Waals surface area contributed by atoms with Crippen LogP contribution in [-0.4, -0.2) is 43.6 Å². The quantitative estimate of drug-likeness (QED) is 0.270. The van der Waals surface area contributed by atoms with Gasteiger partial charge in [-0.1, -0.05) is 75.9 Å². The number of benzene rings is 2. The molecule has 2 aromatic rings. The molecule has 2 rings (SSSR count). The van der Waals surface area contributed by atoms with Gasteiger partial charge in [0.25, 0.3) is 0 Å². The SMILES string of the molecule is C=Cc1ccc(NC(=O)OCC(C)(COC(=O)C(C)(CC)OCc2ccccc2)COC(C)CC)cc1. The molecule has 3 unspecified atom stereocenters. The van der Waals surface area contributed by atoms with Crippen molar-refractivity contribution in [3.05, 3.63) is 72.3 Å². The fourth-order valence-electron chi connectivity index (χ4n) is 3.20. The van der Waals surface area contributed by atoms with E-state index in [-0.39, 0.29) is 25.9 Å². The molecule has 37 heavy (non-hydrogen) atoms. The van der Waals surface area contributed by atoms with Crippen molar-refractivity contribution in [1.29, 1.82) is 0 Å². The summed E-state index contributed by atoms with van der Waals surface area (Å²) >= 11 is 0. The monoisotopic (exact) mass is 511 g/mol. The van der Waals surface area contributed by atoms with Gasteiger partial charge in [-0.15, -0.1) is 0 Å². The van der Waals surface area contributed by atoms with Crippen LogP contribution in [0.25, 0.3) is 6.08 Å². The summed E-state index contributed by atoms with van der Waals surface area (Å²) in [7, 11) is 0. The predicted molar refractivity (Wildman–Crippen MR) is 146 cm³/mol. The largest absolute Gasteiger partial charge is 0.463 e. The van der Waals surface area contributed by atoms with Gasteiger partial charge in [-0.25, -0.2) is 9.59 Å². The van der Waals surface area contributed by atoms with Gasteiger partial charge in [0.05, 0.1) is 24.7 Å². The minimum absolute atomic E-state index is 0.000993. The van der Waals surface area contributed by atoms with Crippen LogP contribution in [0.5, 0.6) is 0 Å². The Labute approximate surface area is 221 Å². The molecule has 0 radical (unpaired) electrons. The number of nitrogens with one attached hydrogen (secondary N) is 1. The Kier molecular flexibility index (Phi) is 11.8. The number of carbonyl (C=O) groups excluding carboxylic acids is 2. The van der Waals surface area contributed by atoms with Gasteiger partial charge >= 0.3 is 12.1 Å². The smallest absolute Gasteiger partial charge is 0.411 e. The third kappa shape index (κ3) is 10.0. The molecule has 0 fully saturated rings. The first-order valence-electron chi connectivity index (χ1n) is 12.8. The van der Waals surface area contributed by atoms with Crippen molar-refractivity contribution < 1.29 is 28.5 Å². The van der Waals surface area contributed by atoms with Gasteiger partial charge in [-0.2, -0.15) is 0 Å². The molecule has 0 aromatic heterocycles. The number of amides is 1. The van der Waals surface area contributed by atoms with Crippen molar-refractivity contribution in [2.24, 2.45) is 5.41 Å². The van der Waals surface area contributed by atoms with E-state index in [4.69, 9.17) is 18.9 Å². The maximum atomic E-state index is 13.1. The van der Waals surface area contributed by atoms with Gasteiger partial charge in [0.1, 0.15) is 13.2 Å². The van der Waals surface area contributed by atoms with Crippen molar-refractivity contribution in [2.75, 3.05) is 25.1 Å². The number of esters is 1. The standard InChI is InChI=1S/C30H41NO6/c1-7-23(4)34-20-29(5,22-36-28(33)31-26-17-15-24(8-2)16-18-26)21-35-27(32)30(6,9-3)37-19-25-13-11-10-12-14-25/h8,10-18,23H,2,7,9,19-22H2,1,3-6H3,(H,31,33). The van der Waals surface area contributed by atoms with Crippen LogP contribution in [0.4, 0.5) is 10.5 Å². The summed E-state index contributed by atoms with van der Waals surface area (Å²) in [4.78, 5) is 25.5. The molecule has 7 heteroatoms. The molecule has 3 atom stereocenters. The van der Waals surface area contributed by atoms with Gasteiger partial charge < -0.3 is 18.9 Å². The summed E-state index contributed by atoms with van der Waals surface area (Å²) in [5.41, 5.74) is 0.665. The van der Waals surface area contributed by atoms with Crippen LogP contribution in [0.1, 0.15) is 58.6 Å². The predicted octanol–water partition coefficient (Wildman–Crippen LogP) is 6.63. The highest BCUT2D eigenvalue weighted by molar-refractivity contribution is 5.84. The first kappa shape index (κ1) is 30.1. The molecule has 0 aliphatic rings. The zero-order valence-electron chi connectivity index (χ0n) is 22.8. The number of carbonyl (C=O) groups is 2. The maximum absolute atomic E-state index is 13.1. The lowest BCUT2D eigenvalue weighted by Crippen LogP contribution is -2.43. The van der Waals surface area contributed by atoms with Crippen LogP contribution in [0, 0.1) is 5.41 Å². The third-order valence-electron chi connectivity index (χ3n) is 6.29. The van der Waals surface area contributed by atoms with E-state index >= 15 is 0 Å². The molecule has 0 aliphatic carbocycles. The first-order chi connectivity index (χ1) is 17.6. The molecule has 0 saturated carbocycles. The minimum atomic E-state index is -1.11. The van der Waals surface area contributed by atoms with E-state index in [0.29, 0.717) is 18.7 Å². The number of anilines is 1. The van der Waals surface area contributed by atoms with E-state index in [1.54, 1.807) is 25.1 Å². The molecule has 0 bridgehead atoms. The van der Waals surface area contributed by atoms with Crippen LogP contribution >= 0.6 is 0 Å². The van der Waals surface area contributed by atoms with Gasteiger partial charge in [-0.3, -0.25) is 5.32 Å². The van der Waals surface area contributed by atoms with Crippen LogP contribution in [0.2, 0.25) is 0 Å². The van der Waals surface area contributed by atoms with E-state index in [1.165, 1.54) is 0 Å². The van der Waals surface area contributed by atoms with Crippen molar-refractivity contribution in [3.8, 4) is 0 Å². The molecule has 2 aromatic carbocycles. The second-order valence-corrected chi connectivity index (χ2v) is 9.80. The van der Waals surface area contributed by atoms with E-state index in [1.807, 2.05) is 70.2 Å². The molecule has 0 heterocycles. The highest BCUT2D eigenvalue weighted by atomic mass is 16.6. The van der Waals surface area contributed by atoms with E-state index in [2.05, 4.69) is 11.9 Å². The Hall–Kier alpha value is -3.16. The minimum Gasteiger partial charge on any atom is -0.463 e. The van der Waals surface area contributed by atoms with E-state index in [0.717, 1.165) is 17.5 Å². The average molecular weight is 512 g/mol. The maximum Gasteiger partial charge on any atom is 0.411 e. The summed E-state index contributed by atoms with van der Waals surface area (Å²) in [6.07, 6.45) is 2.42. The molecular formula is C30H41NO6. The lowest BCUT2D eigenvalue weighted by Gasteiger charge is -2.32. The van der Waals surface area contributed by atoms with Gasteiger partial charge in [-0.05, 0) is 49.9 Å². The highest BCUT2D eigenvalue weighted by Gasteiger charge is 2.37. The molecule has 1 amide bonds. The Bertz CT molecular complexity index is 993. The molecule has 202 valence electrons. The fraction of sp³-hybridized carbons (Fsp3) is 0.467. The number of rotatable bonds is 15. The molecule has 7 nitrogen and oxygen atoms in total. The number of hydrogen-bond donors (Lipinski definition) is 1. The summed E-state index contributed by atoms with van der Waals surface area (Å²) in [5, 5.41) is 2.71. The highest BCUT2D eigenvalue weighted by Crippen LogP contribution is 2.25. The van der Waals surface area contributed by atoms with Crippen molar-refractivity contribution in [3.63, 3.8) is 0 Å². The molecule has 0 spiro atoms. The van der Waals surface area contributed by atoms with Gasteiger partial charge in [0, 0.05) is 5.69 Å². The summed E-state index contributed by atoms with van der Waals surface area (Å²) in [6.45, 7) is 13.8. The van der Waals surface area contributed by atoms with Crippen molar-refractivity contribution >= 4 is 23.8 Å². The second-order valence-electron chi connectivity index (χ2n) is 9.80. The topological polar surface area (TPSA) is 83.1 Å². The third-order valence-corrected chi connectivity index (χ3v) is 6.29. The molecule has 1 N–H and O–H groups in total. The summed E-state index contributed by atoms with van der Waals surface area (Å²) in [6, 6.07) is 16.9. The lowest BCUT2D eigenvalue weighted by atomic mass is 9.93. The van der Waals surface area contributed by atoms with Gasteiger partial charge in [0.15, 0.2) is 5.60 Å². The van der Waals surface area contributed by atoms with Crippen LogP contribution < -0.4 is 5.32 Å². The normalized spacial score (nSPS) is 15.1. The molecule has 0 saturated heterocycles. The van der Waals surface area contributed by atoms with Crippen LogP contribution in [0.3, 0.4) is 0 Å². The summed E-state index contributed by atoms with van der Waals surface area (Å²) < 4.78 is 23.2. The van der Waals surface area contributed by atoms with E-state index < -0.39 is 23.1 Å². The zero-order valence-corrected chi connectivity index (χ0v) is 22.8. The Morgan fingerprint density at radius 1 is 0.973 bits per heavy atom. The lowest BCUT2D eigenvalue weighted by molar-refractivity contribution is -0.178. The van der Waals surface area contributed by atoms with Crippen LogP contribution in [-0.2, 0) is 30.3 Å². The summed E-state index contributed by atoms with van der Waals surface area (Å²) in [5.74, 6) is -0.465. The fourth-order valence-corrected chi connectivity index (χ4v) is 3.20. The Morgan fingerprint density at radius 2 is 1.62 bits per heavy atom. The Morgan fingerprint density at radius 3 is 2.22 bits per heavy atom. The molecular weight excluding hydrogens is 470 g/mol. The molecule has 0 aliphatic heterocycles. The van der Waals surface area contributed by atoms with E-state index in [9.17, 15) is 9.59 Å². The second kappa shape index (κ2) is 14.5.